The number of hydrogen-bond donors (Lipinski definition) is 3. The fourth-order valence-electron chi connectivity index (χ4n) is 3.50. The summed E-state index contributed by atoms with van der Waals surface area (Å²) in [6.07, 6.45) is 0.718. The zero-order chi connectivity index (χ0) is 26.6. The van der Waals surface area contributed by atoms with Gasteiger partial charge in [-0.1, -0.05) is 43.6 Å². The molecule has 0 aliphatic heterocycles. The third-order valence-electron chi connectivity index (χ3n) is 5.52. The Bertz CT molecular complexity index is 1280. The van der Waals surface area contributed by atoms with Crippen molar-refractivity contribution in [1.82, 2.24) is 9.69 Å². The van der Waals surface area contributed by atoms with Gasteiger partial charge in [0.25, 0.3) is 11.8 Å². The molecule has 1 atom stereocenters. The molecule has 36 heavy (non-hydrogen) atoms. The number of carbonyl (C=O) groups is 3. The van der Waals surface area contributed by atoms with Crippen LogP contribution in [0.3, 0.4) is 0 Å². The van der Waals surface area contributed by atoms with Crippen LogP contribution < -0.4 is 21.7 Å². The second-order valence-electron chi connectivity index (χ2n) is 8.67. The number of carbonyl (C=O) groups excluding carboxylic acids is 3. The largest absolute Gasteiger partial charge is 0.395 e. The number of primary amides is 1. The number of nitrogens with two attached hydrogens (primary N) is 2. The highest BCUT2D eigenvalue weighted by molar-refractivity contribution is 7.09. The van der Waals surface area contributed by atoms with E-state index in [1.165, 1.54) is 29.2 Å². The predicted octanol–water partition coefficient (Wildman–Crippen LogP) is 4.48. The van der Waals surface area contributed by atoms with E-state index in [4.69, 9.17) is 23.1 Å². The standard InChI is InChI=1S/C25H27ClFN5O3S/c1-13(2)10-11-30-24(34)21(15-5-7-16(27)8-6-15)32(17-9-4-14(3)18(26)12-17)25(35)22-19(28)20(23(29)33)31-36-22/h4-9,12-13,21H,10-11,28H2,1-3H3,(H2,29,33)(H,30,34). The number of nitrogens with zero attached hydrogens (tertiary/aromatic N) is 2. The molecule has 0 fully saturated rings. The van der Waals surface area contributed by atoms with E-state index in [1.54, 1.807) is 25.1 Å². The Morgan fingerprint density at radius 2 is 1.83 bits per heavy atom. The molecule has 0 aliphatic carbocycles. The maximum absolute atomic E-state index is 13.9. The number of benzene rings is 2. The highest BCUT2D eigenvalue weighted by Gasteiger charge is 2.36. The highest BCUT2D eigenvalue weighted by Crippen LogP contribution is 2.35. The second-order valence-corrected chi connectivity index (χ2v) is 9.86. The fourth-order valence-corrected chi connectivity index (χ4v) is 4.41. The van der Waals surface area contributed by atoms with E-state index in [0.717, 1.165) is 12.0 Å². The van der Waals surface area contributed by atoms with Gasteiger partial charge >= 0.3 is 0 Å². The molecule has 5 N–H and O–H groups in total. The van der Waals surface area contributed by atoms with Crippen molar-refractivity contribution in [3.05, 3.63) is 75.0 Å². The van der Waals surface area contributed by atoms with Crippen molar-refractivity contribution in [2.45, 2.75) is 33.2 Å². The third kappa shape index (κ3) is 6.00. The van der Waals surface area contributed by atoms with Crippen LogP contribution in [0, 0.1) is 18.7 Å². The summed E-state index contributed by atoms with van der Waals surface area (Å²) in [5.41, 5.74) is 12.4. The summed E-state index contributed by atoms with van der Waals surface area (Å²) >= 11 is 7.07. The number of amides is 3. The van der Waals surface area contributed by atoms with Crippen molar-refractivity contribution in [2.24, 2.45) is 11.7 Å². The number of aryl methyl sites for hydroxylation is 1. The Hall–Kier alpha value is -3.50. The molecular formula is C25H27ClFN5O3S. The van der Waals surface area contributed by atoms with E-state index in [2.05, 4.69) is 9.69 Å². The monoisotopic (exact) mass is 531 g/mol. The Kier molecular flexibility index (Phi) is 8.65. The average molecular weight is 532 g/mol. The molecule has 0 bridgehead atoms. The lowest BCUT2D eigenvalue weighted by Gasteiger charge is -2.31. The van der Waals surface area contributed by atoms with E-state index in [-0.39, 0.29) is 16.3 Å². The number of hydrogen-bond acceptors (Lipinski definition) is 6. The normalized spacial score (nSPS) is 11.8. The Balaban J connectivity index is 2.18. The van der Waals surface area contributed by atoms with Gasteiger partial charge in [0, 0.05) is 17.3 Å². The Morgan fingerprint density at radius 1 is 1.17 bits per heavy atom. The Morgan fingerprint density at radius 3 is 2.39 bits per heavy atom. The number of halogens is 2. The van der Waals surface area contributed by atoms with Crippen LogP contribution in [0.4, 0.5) is 15.8 Å². The van der Waals surface area contributed by atoms with Crippen LogP contribution in [0.1, 0.15) is 57.6 Å². The molecule has 0 radical (unpaired) electrons. The van der Waals surface area contributed by atoms with Crippen LogP contribution in [0.15, 0.2) is 42.5 Å². The third-order valence-corrected chi connectivity index (χ3v) is 6.78. The minimum atomic E-state index is -1.21. The molecule has 8 nitrogen and oxygen atoms in total. The van der Waals surface area contributed by atoms with Crippen LogP contribution in [-0.4, -0.2) is 28.6 Å². The molecule has 1 unspecified atom stereocenters. The van der Waals surface area contributed by atoms with Gasteiger partial charge in [-0.25, -0.2) is 4.39 Å². The maximum Gasteiger partial charge on any atom is 0.273 e. The van der Waals surface area contributed by atoms with Gasteiger partial charge in [0.1, 0.15) is 16.7 Å². The van der Waals surface area contributed by atoms with Crippen molar-refractivity contribution >= 4 is 52.2 Å². The quantitative estimate of drug-likeness (QED) is 0.374. The first kappa shape index (κ1) is 27.1. The van der Waals surface area contributed by atoms with Crippen molar-refractivity contribution in [1.29, 1.82) is 0 Å². The predicted molar refractivity (Wildman–Crippen MR) is 140 cm³/mol. The minimum Gasteiger partial charge on any atom is -0.395 e. The zero-order valence-electron chi connectivity index (χ0n) is 20.0. The lowest BCUT2D eigenvalue weighted by Crippen LogP contribution is -2.44. The van der Waals surface area contributed by atoms with Gasteiger partial charge in [-0.2, -0.15) is 4.37 Å². The molecule has 1 heterocycles. The maximum atomic E-state index is 13.9. The van der Waals surface area contributed by atoms with Gasteiger partial charge in [-0.05, 0) is 66.2 Å². The van der Waals surface area contributed by atoms with E-state index >= 15 is 0 Å². The van der Waals surface area contributed by atoms with E-state index in [9.17, 15) is 18.8 Å². The molecule has 0 saturated carbocycles. The van der Waals surface area contributed by atoms with Crippen molar-refractivity contribution in [3.63, 3.8) is 0 Å². The van der Waals surface area contributed by atoms with Gasteiger partial charge in [0.05, 0.1) is 5.69 Å². The van der Waals surface area contributed by atoms with Crippen LogP contribution in [0.5, 0.6) is 0 Å². The summed E-state index contributed by atoms with van der Waals surface area (Å²) in [5, 5.41) is 3.24. The minimum absolute atomic E-state index is 0.0670. The average Bonchev–Trinajstić information content (AvgIpc) is 3.21. The SMILES string of the molecule is Cc1ccc(N(C(=O)c2snc(C(N)=O)c2N)C(C(=O)NCCC(C)C)c2ccc(F)cc2)cc1Cl. The topological polar surface area (TPSA) is 131 Å². The smallest absolute Gasteiger partial charge is 0.273 e. The van der Waals surface area contributed by atoms with E-state index in [1.807, 2.05) is 13.8 Å². The fraction of sp³-hybridized carbons (Fsp3) is 0.280. The molecular weight excluding hydrogens is 505 g/mol. The summed E-state index contributed by atoms with van der Waals surface area (Å²) in [7, 11) is 0. The molecule has 11 heteroatoms. The van der Waals surface area contributed by atoms with Crippen molar-refractivity contribution in [2.75, 3.05) is 17.2 Å². The summed E-state index contributed by atoms with van der Waals surface area (Å²) in [6.45, 7) is 6.22. The second kappa shape index (κ2) is 11.5. The zero-order valence-corrected chi connectivity index (χ0v) is 21.6. The van der Waals surface area contributed by atoms with Crippen LogP contribution in [0.2, 0.25) is 5.02 Å². The Labute approximate surface area is 217 Å². The number of nitrogens with one attached hydrogen (secondary N) is 1. The highest BCUT2D eigenvalue weighted by atomic mass is 35.5. The van der Waals surface area contributed by atoms with Crippen molar-refractivity contribution < 1.29 is 18.8 Å². The molecule has 0 spiro atoms. The summed E-state index contributed by atoms with van der Waals surface area (Å²) in [4.78, 5) is 40.3. The van der Waals surface area contributed by atoms with Crippen LogP contribution in [0.25, 0.3) is 0 Å². The number of aromatic nitrogens is 1. The lowest BCUT2D eigenvalue weighted by atomic mass is 10.0. The summed E-state index contributed by atoms with van der Waals surface area (Å²) in [5.74, 6) is -2.20. The molecule has 3 aromatic rings. The van der Waals surface area contributed by atoms with Crippen LogP contribution >= 0.6 is 23.1 Å². The molecule has 1 aromatic heterocycles. The van der Waals surface area contributed by atoms with Crippen LogP contribution in [-0.2, 0) is 4.79 Å². The molecule has 3 rings (SSSR count). The lowest BCUT2D eigenvalue weighted by molar-refractivity contribution is -0.122. The first-order valence-electron chi connectivity index (χ1n) is 11.2. The van der Waals surface area contributed by atoms with Gasteiger partial charge in [-0.3, -0.25) is 19.3 Å². The van der Waals surface area contributed by atoms with Gasteiger partial charge < -0.3 is 16.8 Å². The molecule has 3 amide bonds. The molecule has 0 saturated heterocycles. The molecule has 190 valence electrons. The number of anilines is 2. The molecule has 0 aliphatic rings. The summed E-state index contributed by atoms with van der Waals surface area (Å²) in [6, 6.07) is 8.99. The molecule has 2 aromatic carbocycles. The van der Waals surface area contributed by atoms with E-state index in [0.29, 0.717) is 40.3 Å². The van der Waals surface area contributed by atoms with Gasteiger partial charge in [-0.15, -0.1) is 0 Å². The van der Waals surface area contributed by atoms with E-state index < -0.39 is 29.6 Å². The summed E-state index contributed by atoms with van der Waals surface area (Å²) < 4.78 is 17.7. The van der Waals surface area contributed by atoms with Gasteiger partial charge in [0.15, 0.2) is 5.69 Å². The number of rotatable bonds is 9. The number of nitrogen functional groups attached to an aromatic ring is 1. The van der Waals surface area contributed by atoms with Gasteiger partial charge in [0.2, 0.25) is 5.91 Å². The van der Waals surface area contributed by atoms with Crippen molar-refractivity contribution in [3.8, 4) is 0 Å². The first-order valence-corrected chi connectivity index (χ1v) is 12.3. The first-order chi connectivity index (χ1) is 17.0.